The van der Waals surface area contributed by atoms with Crippen LogP contribution >= 0.6 is 11.6 Å². The van der Waals surface area contributed by atoms with Crippen LogP contribution in [0.2, 0.25) is 5.02 Å². The number of hydrogen-bond acceptors (Lipinski definition) is 2. The molecule has 13 heavy (non-hydrogen) atoms. The van der Waals surface area contributed by atoms with E-state index in [1.807, 2.05) is 0 Å². The number of rotatable bonds is 2. The van der Waals surface area contributed by atoms with E-state index in [0.29, 0.717) is 0 Å². The van der Waals surface area contributed by atoms with Crippen LogP contribution in [0.5, 0.6) is 5.75 Å². The van der Waals surface area contributed by atoms with Gasteiger partial charge in [0.05, 0.1) is 5.69 Å². The van der Waals surface area contributed by atoms with Gasteiger partial charge in [0, 0.05) is 5.02 Å². The number of halogens is 4. The van der Waals surface area contributed by atoms with Crippen molar-refractivity contribution >= 4 is 17.3 Å². The minimum absolute atomic E-state index is 0.0246. The van der Waals surface area contributed by atoms with Crippen LogP contribution in [0.25, 0.3) is 0 Å². The number of alkyl halides is 2. The molecule has 2 N–H and O–H groups in total. The highest BCUT2D eigenvalue weighted by Crippen LogP contribution is 2.30. The van der Waals surface area contributed by atoms with Crippen molar-refractivity contribution < 1.29 is 17.9 Å². The predicted octanol–water partition coefficient (Wildman–Crippen LogP) is 2.66. The van der Waals surface area contributed by atoms with Crippen LogP contribution in [0.3, 0.4) is 0 Å². The van der Waals surface area contributed by atoms with Crippen molar-refractivity contribution in [2.24, 2.45) is 0 Å². The van der Waals surface area contributed by atoms with Gasteiger partial charge in [-0.1, -0.05) is 11.6 Å². The summed E-state index contributed by atoms with van der Waals surface area (Å²) in [6.45, 7) is -3.11. The summed E-state index contributed by atoms with van der Waals surface area (Å²) in [6, 6.07) is 1.97. The average Bonchev–Trinajstić information content (AvgIpc) is 1.96. The monoisotopic (exact) mass is 211 g/mol. The third-order valence-electron chi connectivity index (χ3n) is 1.24. The lowest BCUT2D eigenvalue weighted by Gasteiger charge is -2.08. The second-order valence-electron chi connectivity index (χ2n) is 2.18. The molecule has 72 valence electrons. The molecule has 0 aliphatic carbocycles. The Morgan fingerprint density at radius 1 is 1.38 bits per heavy atom. The SMILES string of the molecule is Nc1cc(Cl)cc(F)c1OC(F)F. The van der Waals surface area contributed by atoms with Gasteiger partial charge in [0.1, 0.15) is 0 Å². The highest BCUT2D eigenvalue weighted by Gasteiger charge is 2.14. The molecule has 0 saturated heterocycles. The van der Waals surface area contributed by atoms with Gasteiger partial charge in [-0.2, -0.15) is 8.78 Å². The van der Waals surface area contributed by atoms with Gasteiger partial charge in [0.15, 0.2) is 11.6 Å². The van der Waals surface area contributed by atoms with Gasteiger partial charge in [0.25, 0.3) is 0 Å². The highest BCUT2D eigenvalue weighted by atomic mass is 35.5. The molecule has 0 spiro atoms. The normalized spacial score (nSPS) is 10.5. The Labute approximate surface area is 77.0 Å². The number of ether oxygens (including phenoxy) is 1. The topological polar surface area (TPSA) is 35.2 Å². The fourth-order valence-corrected chi connectivity index (χ4v) is 1.01. The van der Waals surface area contributed by atoms with Crippen LogP contribution in [0.15, 0.2) is 12.1 Å². The van der Waals surface area contributed by atoms with Gasteiger partial charge in [-0.05, 0) is 12.1 Å². The van der Waals surface area contributed by atoms with E-state index in [0.717, 1.165) is 12.1 Å². The van der Waals surface area contributed by atoms with Crippen LogP contribution in [0, 0.1) is 5.82 Å². The van der Waals surface area contributed by atoms with Crippen molar-refractivity contribution in [3.05, 3.63) is 23.0 Å². The van der Waals surface area contributed by atoms with E-state index in [9.17, 15) is 13.2 Å². The first-order valence-corrected chi connectivity index (χ1v) is 3.58. The maximum absolute atomic E-state index is 12.8. The molecule has 0 atom stereocenters. The largest absolute Gasteiger partial charge is 0.429 e. The summed E-state index contributed by atoms with van der Waals surface area (Å²) in [7, 11) is 0. The van der Waals surface area contributed by atoms with E-state index in [1.54, 1.807) is 0 Å². The van der Waals surface area contributed by atoms with Crippen molar-refractivity contribution in [3.63, 3.8) is 0 Å². The second kappa shape index (κ2) is 3.74. The van der Waals surface area contributed by atoms with Crippen LogP contribution in [0.1, 0.15) is 0 Å². The van der Waals surface area contributed by atoms with E-state index in [2.05, 4.69) is 4.74 Å². The van der Waals surface area contributed by atoms with Crippen LogP contribution in [-0.4, -0.2) is 6.61 Å². The lowest BCUT2D eigenvalue weighted by molar-refractivity contribution is -0.0516. The van der Waals surface area contributed by atoms with Crippen LogP contribution in [-0.2, 0) is 0 Å². The van der Waals surface area contributed by atoms with E-state index >= 15 is 0 Å². The standard InChI is InChI=1S/C7H5ClF3NO/c8-3-1-4(9)6(5(12)2-3)13-7(10)11/h1-2,7H,12H2. The molecule has 6 heteroatoms. The number of nitrogen functional groups attached to an aromatic ring is 1. The third-order valence-corrected chi connectivity index (χ3v) is 1.46. The fraction of sp³-hybridized carbons (Fsp3) is 0.143. The van der Waals surface area contributed by atoms with Crippen molar-refractivity contribution in [2.75, 3.05) is 5.73 Å². The van der Waals surface area contributed by atoms with Crippen LogP contribution in [0.4, 0.5) is 18.9 Å². The molecule has 0 aliphatic heterocycles. The number of benzene rings is 1. The smallest absolute Gasteiger partial charge is 0.387 e. The van der Waals surface area contributed by atoms with Crippen LogP contribution < -0.4 is 10.5 Å². The van der Waals surface area contributed by atoms with Crippen molar-refractivity contribution in [3.8, 4) is 5.75 Å². The average molecular weight is 212 g/mol. The molecule has 0 amide bonds. The van der Waals surface area contributed by atoms with Gasteiger partial charge < -0.3 is 10.5 Å². The molecule has 1 rings (SSSR count). The van der Waals surface area contributed by atoms with Crippen molar-refractivity contribution in [2.45, 2.75) is 6.61 Å². The zero-order valence-electron chi connectivity index (χ0n) is 6.23. The van der Waals surface area contributed by atoms with Crippen molar-refractivity contribution in [1.82, 2.24) is 0 Å². The summed E-state index contributed by atoms with van der Waals surface area (Å²) in [5, 5.41) is 0.0246. The molecule has 0 aliphatic rings. The summed E-state index contributed by atoms with van der Waals surface area (Å²) in [5.74, 6) is -1.69. The summed E-state index contributed by atoms with van der Waals surface area (Å²) >= 11 is 5.40. The van der Waals surface area contributed by atoms with Gasteiger partial charge in [-0.3, -0.25) is 0 Å². The predicted molar refractivity (Wildman–Crippen MR) is 42.5 cm³/mol. The van der Waals surface area contributed by atoms with Gasteiger partial charge >= 0.3 is 6.61 Å². The second-order valence-corrected chi connectivity index (χ2v) is 2.62. The van der Waals surface area contributed by atoms with Gasteiger partial charge in [0.2, 0.25) is 0 Å². The maximum Gasteiger partial charge on any atom is 0.387 e. The molecule has 0 bridgehead atoms. The first kappa shape index (κ1) is 9.98. The Kier molecular flexibility index (Phi) is 2.87. The van der Waals surface area contributed by atoms with Gasteiger partial charge in [-0.25, -0.2) is 4.39 Å². The lowest BCUT2D eigenvalue weighted by atomic mass is 10.3. The van der Waals surface area contributed by atoms with E-state index in [1.165, 1.54) is 0 Å². The Morgan fingerprint density at radius 2 is 2.00 bits per heavy atom. The minimum atomic E-state index is -3.11. The van der Waals surface area contributed by atoms with Gasteiger partial charge in [-0.15, -0.1) is 0 Å². The molecular weight excluding hydrogens is 207 g/mol. The molecule has 0 unspecified atom stereocenters. The highest BCUT2D eigenvalue weighted by molar-refractivity contribution is 6.30. The van der Waals surface area contributed by atoms with E-state index in [4.69, 9.17) is 17.3 Å². The number of nitrogens with two attached hydrogens (primary N) is 1. The molecule has 0 heterocycles. The number of anilines is 1. The molecule has 0 saturated carbocycles. The molecule has 0 radical (unpaired) electrons. The van der Waals surface area contributed by atoms with Crippen molar-refractivity contribution in [1.29, 1.82) is 0 Å². The number of hydrogen-bond donors (Lipinski definition) is 1. The summed E-state index contributed by atoms with van der Waals surface area (Å²) < 4.78 is 40.1. The van der Waals surface area contributed by atoms with E-state index < -0.39 is 18.2 Å². The molecule has 0 aromatic heterocycles. The minimum Gasteiger partial charge on any atom is -0.429 e. The molecule has 1 aromatic carbocycles. The summed E-state index contributed by atoms with van der Waals surface area (Å²) in [5.41, 5.74) is 4.93. The Hall–Kier alpha value is -1.10. The molecule has 1 aromatic rings. The quantitative estimate of drug-likeness (QED) is 0.764. The third kappa shape index (κ3) is 2.42. The maximum atomic E-state index is 12.8. The fourth-order valence-electron chi connectivity index (χ4n) is 0.794. The zero-order chi connectivity index (χ0) is 10.0. The molecule has 2 nitrogen and oxygen atoms in total. The lowest BCUT2D eigenvalue weighted by Crippen LogP contribution is -2.06. The Balaban J connectivity index is 3.06. The molecule has 0 fully saturated rings. The Bertz CT molecular complexity index is 296. The summed E-state index contributed by atoms with van der Waals surface area (Å²) in [4.78, 5) is 0. The first-order chi connectivity index (χ1) is 6.00. The molecular formula is C7H5ClF3NO. The Morgan fingerprint density at radius 3 is 2.46 bits per heavy atom. The first-order valence-electron chi connectivity index (χ1n) is 3.20. The van der Waals surface area contributed by atoms with E-state index in [-0.39, 0.29) is 10.7 Å². The summed E-state index contributed by atoms with van der Waals surface area (Å²) in [6.07, 6.45) is 0. The zero-order valence-corrected chi connectivity index (χ0v) is 6.99.